The van der Waals surface area contributed by atoms with Crippen molar-refractivity contribution in [3.63, 3.8) is 0 Å². The summed E-state index contributed by atoms with van der Waals surface area (Å²) in [6.07, 6.45) is 3.29. The largest absolute Gasteiger partial charge is 0.479 e. The van der Waals surface area contributed by atoms with Crippen molar-refractivity contribution in [3.8, 4) is 5.75 Å². The molecule has 0 unspecified atom stereocenters. The molecule has 1 heterocycles. The van der Waals surface area contributed by atoms with E-state index in [-0.39, 0.29) is 17.8 Å². The monoisotopic (exact) mass is 296 g/mol. The quantitative estimate of drug-likeness (QED) is 0.889. The van der Waals surface area contributed by atoms with Gasteiger partial charge >= 0.3 is 0 Å². The molecule has 108 valence electrons. The van der Waals surface area contributed by atoms with Gasteiger partial charge in [-0.3, -0.25) is 9.52 Å². The van der Waals surface area contributed by atoms with Crippen molar-refractivity contribution in [1.82, 2.24) is 0 Å². The van der Waals surface area contributed by atoms with E-state index in [0.717, 1.165) is 12.8 Å². The summed E-state index contributed by atoms with van der Waals surface area (Å²) in [5, 5.41) is 2.32. The molecule has 7 heteroatoms. The first-order chi connectivity index (χ1) is 9.56. The third kappa shape index (κ3) is 2.45. The number of benzene rings is 1. The Balaban J connectivity index is 1.88. The Morgan fingerprint density at radius 1 is 1.25 bits per heavy atom. The number of nitrogens with one attached hydrogen (secondary N) is 2. The molecule has 3 rings (SSSR count). The highest BCUT2D eigenvalue weighted by molar-refractivity contribution is 7.93. The van der Waals surface area contributed by atoms with Crippen LogP contribution < -0.4 is 14.8 Å². The number of hydrogen-bond acceptors (Lipinski definition) is 4. The fourth-order valence-corrected chi connectivity index (χ4v) is 4.22. The van der Waals surface area contributed by atoms with Gasteiger partial charge in [0, 0.05) is 0 Å². The molecule has 1 aromatic carbocycles. The Bertz CT molecular complexity index is 636. The van der Waals surface area contributed by atoms with E-state index in [1.165, 1.54) is 0 Å². The number of anilines is 2. The highest BCUT2D eigenvalue weighted by atomic mass is 32.2. The number of ether oxygens (including phenoxy) is 1. The average Bonchev–Trinajstić information content (AvgIpc) is 2.93. The van der Waals surface area contributed by atoms with Gasteiger partial charge in [0.15, 0.2) is 12.4 Å². The summed E-state index contributed by atoms with van der Waals surface area (Å²) >= 11 is 0. The van der Waals surface area contributed by atoms with Gasteiger partial charge in [-0.05, 0) is 25.0 Å². The normalized spacial score (nSPS) is 19.1. The predicted molar refractivity (Wildman–Crippen MR) is 75.4 cm³/mol. The minimum Gasteiger partial charge on any atom is -0.479 e. The van der Waals surface area contributed by atoms with Crippen molar-refractivity contribution in [1.29, 1.82) is 0 Å². The van der Waals surface area contributed by atoms with Crippen molar-refractivity contribution < 1.29 is 17.9 Å². The van der Waals surface area contributed by atoms with Crippen LogP contribution in [-0.4, -0.2) is 26.2 Å². The van der Waals surface area contributed by atoms with Gasteiger partial charge in [-0.15, -0.1) is 0 Å². The van der Waals surface area contributed by atoms with Gasteiger partial charge < -0.3 is 10.1 Å². The van der Waals surface area contributed by atoms with Crippen molar-refractivity contribution >= 4 is 27.3 Å². The van der Waals surface area contributed by atoms with E-state index in [2.05, 4.69) is 10.0 Å². The molecule has 6 nitrogen and oxygen atoms in total. The van der Waals surface area contributed by atoms with Gasteiger partial charge in [-0.1, -0.05) is 18.9 Å². The summed E-state index contributed by atoms with van der Waals surface area (Å²) < 4.78 is 32.5. The van der Waals surface area contributed by atoms with Crippen LogP contribution in [0.5, 0.6) is 5.75 Å². The fourth-order valence-electron chi connectivity index (χ4n) is 2.63. The van der Waals surface area contributed by atoms with E-state index in [1.807, 2.05) is 0 Å². The third-order valence-corrected chi connectivity index (χ3v) is 5.48. The molecule has 0 bridgehead atoms. The van der Waals surface area contributed by atoms with Gasteiger partial charge in [-0.2, -0.15) is 0 Å². The van der Waals surface area contributed by atoms with E-state index >= 15 is 0 Å². The zero-order valence-corrected chi connectivity index (χ0v) is 11.7. The van der Waals surface area contributed by atoms with Gasteiger partial charge in [0.25, 0.3) is 5.91 Å². The van der Waals surface area contributed by atoms with Crippen molar-refractivity contribution in [2.45, 2.75) is 30.9 Å². The van der Waals surface area contributed by atoms with E-state index in [1.54, 1.807) is 18.2 Å². The standard InChI is InChI=1S/C13H16N2O4S/c16-12-8-19-13-10(14-12)6-3-7-11(13)15-20(17,18)9-4-1-2-5-9/h3,6-7,9,15H,1-2,4-5,8H2,(H,14,16). The summed E-state index contributed by atoms with van der Waals surface area (Å²) in [5.74, 6) is 0.141. The number of carbonyl (C=O) groups excluding carboxylic acids is 1. The van der Waals surface area contributed by atoms with Gasteiger partial charge in [-0.25, -0.2) is 8.42 Å². The number of para-hydroxylation sites is 1. The summed E-state index contributed by atoms with van der Waals surface area (Å²) in [4.78, 5) is 11.3. The van der Waals surface area contributed by atoms with Gasteiger partial charge in [0.2, 0.25) is 10.0 Å². The minimum atomic E-state index is -3.40. The Hall–Kier alpha value is -1.76. The van der Waals surface area contributed by atoms with Crippen LogP contribution in [0.3, 0.4) is 0 Å². The number of sulfonamides is 1. The summed E-state index contributed by atoms with van der Waals surface area (Å²) in [5.41, 5.74) is 0.877. The molecule has 1 amide bonds. The maximum atomic E-state index is 12.3. The molecule has 0 saturated heterocycles. The summed E-state index contributed by atoms with van der Waals surface area (Å²) in [7, 11) is -3.40. The lowest BCUT2D eigenvalue weighted by atomic mass is 10.2. The second-order valence-electron chi connectivity index (χ2n) is 5.07. The molecule has 1 saturated carbocycles. The number of amides is 1. The van der Waals surface area contributed by atoms with Crippen molar-refractivity contribution in [2.75, 3.05) is 16.6 Å². The molecule has 0 radical (unpaired) electrons. The Kier molecular flexibility index (Phi) is 3.29. The number of fused-ring (bicyclic) bond motifs is 1. The lowest BCUT2D eigenvalue weighted by Gasteiger charge is -2.22. The zero-order chi connectivity index (χ0) is 14.2. The van der Waals surface area contributed by atoms with E-state index in [0.29, 0.717) is 30.0 Å². The maximum absolute atomic E-state index is 12.3. The molecule has 0 spiro atoms. The zero-order valence-electron chi connectivity index (χ0n) is 10.9. The molecule has 1 aromatic rings. The Labute approximate surface area is 117 Å². The van der Waals surface area contributed by atoms with Crippen LogP contribution in [0.2, 0.25) is 0 Å². The average molecular weight is 296 g/mol. The summed E-state index contributed by atoms with van der Waals surface area (Å²) in [6.45, 7) is -0.102. The fraction of sp³-hybridized carbons (Fsp3) is 0.462. The van der Waals surface area contributed by atoms with Crippen LogP contribution in [0.15, 0.2) is 18.2 Å². The minimum absolute atomic E-state index is 0.102. The highest BCUT2D eigenvalue weighted by Gasteiger charge is 2.30. The van der Waals surface area contributed by atoms with E-state index in [4.69, 9.17) is 4.74 Å². The molecule has 0 atom stereocenters. The lowest BCUT2D eigenvalue weighted by molar-refractivity contribution is -0.118. The maximum Gasteiger partial charge on any atom is 0.262 e. The number of carbonyl (C=O) groups is 1. The number of rotatable bonds is 3. The first-order valence-electron chi connectivity index (χ1n) is 6.63. The van der Waals surface area contributed by atoms with Crippen molar-refractivity contribution in [3.05, 3.63) is 18.2 Å². The first-order valence-corrected chi connectivity index (χ1v) is 8.18. The Morgan fingerprint density at radius 3 is 2.75 bits per heavy atom. The molecule has 20 heavy (non-hydrogen) atoms. The van der Waals surface area contributed by atoms with Crippen LogP contribution in [0, 0.1) is 0 Å². The molecule has 2 aliphatic rings. The van der Waals surface area contributed by atoms with Crippen LogP contribution in [-0.2, 0) is 14.8 Å². The predicted octanol–water partition coefficient (Wildman–Crippen LogP) is 1.70. The second-order valence-corrected chi connectivity index (χ2v) is 7.03. The first kappa shape index (κ1) is 13.2. The molecule has 1 aliphatic heterocycles. The molecule has 1 aliphatic carbocycles. The summed E-state index contributed by atoms with van der Waals surface area (Å²) in [6, 6.07) is 5.00. The van der Waals surface area contributed by atoms with Crippen LogP contribution in [0.1, 0.15) is 25.7 Å². The third-order valence-electron chi connectivity index (χ3n) is 3.63. The smallest absolute Gasteiger partial charge is 0.262 e. The van der Waals surface area contributed by atoms with Gasteiger partial charge in [0.1, 0.15) is 0 Å². The lowest BCUT2D eigenvalue weighted by Crippen LogP contribution is -2.28. The Morgan fingerprint density at radius 2 is 2.00 bits per heavy atom. The SMILES string of the molecule is O=C1COc2c(cccc2NS(=O)(=O)C2CCCC2)N1. The van der Waals surface area contributed by atoms with Crippen LogP contribution >= 0.6 is 0 Å². The van der Waals surface area contributed by atoms with E-state index < -0.39 is 10.0 Å². The molecule has 1 fully saturated rings. The molecular weight excluding hydrogens is 280 g/mol. The molecular formula is C13H16N2O4S. The van der Waals surface area contributed by atoms with Crippen molar-refractivity contribution in [2.24, 2.45) is 0 Å². The second kappa shape index (κ2) is 4.97. The van der Waals surface area contributed by atoms with E-state index in [9.17, 15) is 13.2 Å². The molecule has 0 aromatic heterocycles. The molecule has 2 N–H and O–H groups in total. The highest BCUT2D eigenvalue weighted by Crippen LogP contribution is 2.37. The van der Waals surface area contributed by atoms with Crippen LogP contribution in [0.25, 0.3) is 0 Å². The number of hydrogen-bond donors (Lipinski definition) is 2. The van der Waals surface area contributed by atoms with Gasteiger partial charge in [0.05, 0.1) is 16.6 Å². The van der Waals surface area contributed by atoms with Crippen LogP contribution in [0.4, 0.5) is 11.4 Å². The topological polar surface area (TPSA) is 84.5 Å².